The van der Waals surface area contributed by atoms with Crippen molar-refractivity contribution in [1.82, 2.24) is 14.9 Å². The number of nitrogens with one attached hydrogen (secondary N) is 2. The highest BCUT2D eigenvalue weighted by Gasteiger charge is 2.16. The molecule has 0 aliphatic carbocycles. The largest absolute Gasteiger partial charge is 0.480 e. The van der Waals surface area contributed by atoms with Crippen LogP contribution in [0.3, 0.4) is 0 Å². The maximum absolute atomic E-state index is 11.8. The summed E-state index contributed by atoms with van der Waals surface area (Å²) in [5.74, 6) is -0.487. The summed E-state index contributed by atoms with van der Waals surface area (Å²) in [7, 11) is 0. The van der Waals surface area contributed by atoms with E-state index in [1.54, 1.807) is 25.3 Å². The van der Waals surface area contributed by atoms with Crippen LogP contribution in [0, 0.1) is 0 Å². The summed E-state index contributed by atoms with van der Waals surface area (Å²) in [4.78, 5) is 26.9. The average molecular weight is 367 g/mol. The van der Waals surface area contributed by atoms with Gasteiger partial charge in [-0.1, -0.05) is 15.9 Å². The minimum Gasteiger partial charge on any atom is -0.480 e. The Morgan fingerprint density at radius 1 is 1.36 bits per heavy atom. The third-order valence-electron chi connectivity index (χ3n) is 3.03. The molecule has 0 saturated heterocycles. The summed E-state index contributed by atoms with van der Waals surface area (Å²) < 4.78 is 2.42. The van der Waals surface area contributed by atoms with E-state index in [1.165, 1.54) is 10.8 Å². The number of hydrogen-bond acceptors (Lipinski definition) is 3. The third kappa shape index (κ3) is 4.08. The number of imidazole rings is 1. The molecule has 116 valence electrons. The van der Waals surface area contributed by atoms with Crippen molar-refractivity contribution in [2.75, 3.05) is 5.32 Å². The van der Waals surface area contributed by atoms with Gasteiger partial charge in [0.2, 0.25) is 0 Å². The number of nitrogens with zero attached hydrogens (tertiary/aromatic N) is 2. The SMILES string of the molecule is CC(C(=O)O)n1ccnc1CNC(=O)Nc1ccc(Br)cc1. The minimum atomic E-state index is -0.960. The Hall–Kier alpha value is -2.35. The quantitative estimate of drug-likeness (QED) is 0.757. The van der Waals surface area contributed by atoms with Gasteiger partial charge in [0.25, 0.3) is 0 Å². The van der Waals surface area contributed by atoms with Gasteiger partial charge in [-0.15, -0.1) is 0 Å². The lowest BCUT2D eigenvalue weighted by Gasteiger charge is -2.13. The molecule has 0 aliphatic heterocycles. The molecule has 0 spiro atoms. The number of halogens is 1. The molecule has 0 aliphatic rings. The van der Waals surface area contributed by atoms with Crippen LogP contribution >= 0.6 is 15.9 Å². The highest BCUT2D eigenvalue weighted by atomic mass is 79.9. The molecule has 8 heteroatoms. The number of aliphatic carboxylic acids is 1. The highest BCUT2D eigenvalue weighted by Crippen LogP contribution is 2.14. The number of carbonyl (C=O) groups excluding carboxylic acids is 1. The Kier molecular flexibility index (Phi) is 5.16. The molecule has 7 nitrogen and oxygen atoms in total. The first-order valence-corrected chi connectivity index (χ1v) is 7.31. The zero-order valence-corrected chi connectivity index (χ0v) is 13.4. The van der Waals surface area contributed by atoms with Crippen molar-refractivity contribution in [3.8, 4) is 0 Å². The molecule has 1 atom stereocenters. The molecule has 22 heavy (non-hydrogen) atoms. The zero-order valence-electron chi connectivity index (χ0n) is 11.8. The molecule has 1 unspecified atom stereocenters. The lowest BCUT2D eigenvalue weighted by molar-refractivity contribution is -0.140. The second-order valence-electron chi connectivity index (χ2n) is 4.58. The summed E-state index contributed by atoms with van der Waals surface area (Å²) in [6.07, 6.45) is 3.07. The Morgan fingerprint density at radius 3 is 2.68 bits per heavy atom. The Balaban J connectivity index is 1.93. The van der Waals surface area contributed by atoms with Gasteiger partial charge in [-0.3, -0.25) is 0 Å². The Labute approximate surface area is 135 Å². The number of urea groups is 1. The predicted octanol–water partition coefficient (Wildman–Crippen LogP) is 2.61. The van der Waals surface area contributed by atoms with Crippen LogP contribution in [0.2, 0.25) is 0 Å². The molecule has 2 aromatic rings. The molecule has 1 aromatic carbocycles. The molecule has 3 N–H and O–H groups in total. The fourth-order valence-corrected chi connectivity index (χ4v) is 2.08. The van der Waals surface area contributed by atoms with Crippen molar-refractivity contribution < 1.29 is 14.7 Å². The van der Waals surface area contributed by atoms with Crippen molar-refractivity contribution in [3.05, 3.63) is 47.0 Å². The molecule has 2 rings (SSSR count). The lowest BCUT2D eigenvalue weighted by Crippen LogP contribution is -2.30. The van der Waals surface area contributed by atoms with E-state index in [0.717, 1.165) is 4.47 Å². The first-order chi connectivity index (χ1) is 10.5. The molecule has 0 fully saturated rings. The van der Waals surface area contributed by atoms with Gasteiger partial charge >= 0.3 is 12.0 Å². The number of anilines is 1. The van der Waals surface area contributed by atoms with Crippen molar-refractivity contribution in [2.24, 2.45) is 0 Å². The van der Waals surface area contributed by atoms with E-state index in [2.05, 4.69) is 31.5 Å². The fraction of sp³-hybridized carbons (Fsp3) is 0.214. The zero-order chi connectivity index (χ0) is 16.1. The third-order valence-corrected chi connectivity index (χ3v) is 3.56. The van der Waals surface area contributed by atoms with E-state index >= 15 is 0 Å². The minimum absolute atomic E-state index is 0.132. The van der Waals surface area contributed by atoms with Gasteiger partial charge in [-0.2, -0.15) is 0 Å². The number of hydrogen-bond donors (Lipinski definition) is 3. The predicted molar refractivity (Wildman–Crippen MR) is 84.6 cm³/mol. The van der Waals surface area contributed by atoms with E-state index in [-0.39, 0.29) is 12.6 Å². The number of carboxylic acid groups (broad SMARTS) is 1. The number of amides is 2. The van der Waals surface area contributed by atoms with Crippen molar-refractivity contribution in [3.63, 3.8) is 0 Å². The molecule has 0 radical (unpaired) electrons. The molecular formula is C14H15BrN4O3. The van der Waals surface area contributed by atoms with Gasteiger partial charge in [-0.05, 0) is 31.2 Å². The van der Waals surface area contributed by atoms with Crippen molar-refractivity contribution >= 4 is 33.6 Å². The van der Waals surface area contributed by atoms with Gasteiger partial charge in [0.15, 0.2) is 0 Å². The van der Waals surface area contributed by atoms with Crippen LogP contribution in [0.1, 0.15) is 18.8 Å². The number of carbonyl (C=O) groups is 2. The summed E-state index contributed by atoms with van der Waals surface area (Å²) in [5, 5.41) is 14.3. The Morgan fingerprint density at radius 2 is 2.05 bits per heavy atom. The summed E-state index contributed by atoms with van der Waals surface area (Å²) in [6, 6.07) is 6.02. The van der Waals surface area contributed by atoms with Crippen LogP contribution in [0.25, 0.3) is 0 Å². The number of carboxylic acids is 1. The average Bonchev–Trinajstić information content (AvgIpc) is 2.95. The topological polar surface area (TPSA) is 96.2 Å². The number of benzene rings is 1. The molecule has 1 aromatic heterocycles. The van der Waals surface area contributed by atoms with Gasteiger partial charge in [-0.25, -0.2) is 14.6 Å². The van der Waals surface area contributed by atoms with E-state index in [0.29, 0.717) is 11.5 Å². The lowest BCUT2D eigenvalue weighted by atomic mass is 10.3. The number of rotatable bonds is 5. The number of aromatic nitrogens is 2. The summed E-state index contributed by atoms with van der Waals surface area (Å²) >= 11 is 3.31. The standard InChI is InChI=1S/C14H15BrN4O3/c1-9(13(20)21)19-7-6-16-12(19)8-17-14(22)18-11-4-2-10(15)3-5-11/h2-7,9H,8H2,1H3,(H,20,21)(H2,17,18,22). The van der Waals surface area contributed by atoms with Crippen molar-refractivity contribution in [2.45, 2.75) is 19.5 Å². The van der Waals surface area contributed by atoms with E-state index in [1.807, 2.05) is 12.1 Å². The van der Waals surface area contributed by atoms with Gasteiger partial charge in [0, 0.05) is 22.6 Å². The normalized spacial score (nSPS) is 11.7. The first-order valence-electron chi connectivity index (χ1n) is 6.52. The molecule has 0 bridgehead atoms. The van der Waals surface area contributed by atoms with Gasteiger partial charge in [0.1, 0.15) is 11.9 Å². The van der Waals surface area contributed by atoms with Crippen LogP contribution in [-0.4, -0.2) is 26.7 Å². The van der Waals surface area contributed by atoms with Gasteiger partial charge in [0.05, 0.1) is 6.54 Å². The maximum Gasteiger partial charge on any atom is 0.326 e. The smallest absolute Gasteiger partial charge is 0.326 e. The Bertz CT molecular complexity index is 669. The van der Waals surface area contributed by atoms with Crippen LogP contribution < -0.4 is 10.6 Å². The summed E-state index contributed by atoms with van der Waals surface area (Å²) in [6.45, 7) is 1.68. The molecule has 2 amide bonds. The van der Waals surface area contributed by atoms with Crippen LogP contribution in [-0.2, 0) is 11.3 Å². The molecule has 1 heterocycles. The highest BCUT2D eigenvalue weighted by molar-refractivity contribution is 9.10. The van der Waals surface area contributed by atoms with E-state index in [4.69, 9.17) is 5.11 Å². The van der Waals surface area contributed by atoms with Crippen LogP contribution in [0.5, 0.6) is 0 Å². The van der Waals surface area contributed by atoms with E-state index in [9.17, 15) is 9.59 Å². The first kappa shape index (κ1) is 16.0. The molecular weight excluding hydrogens is 352 g/mol. The monoisotopic (exact) mass is 366 g/mol. The van der Waals surface area contributed by atoms with E-state index < -0.39 is 12.0 Å². The summed E-state index contributed by atoms with van der Waals surface area (Å²) in [5.41, 5.74) is 0.656. The van der Waals surface area contributed by atoms with Crippen molar-refractivity contribution in [1.29, 1.82) is 0 Å². The molecule has 0 saturated carbocycles. The van der Waals surface area contributed by atoms with Gasteiger partial charge < -0.3 is 20.3 Å². The second kappa shape index (κ2) is 7.08. The maximum atomic E-state index is 11.8. The second-order valence-corrected chi connectivity index (χ2v) is 5.50. The van der Waals surface area contributed by atoms with Crippen LogP contribution in [0.4, 0.5) is 10.5 Å². The van der Waals surface area contributed by atoms with Crippen LogP contribution in [0.15, 0.2) is 41.1 Å². The fourth-order valence-electron chi connectivity index (χ4n) is 1.82.